The first-order chi connectivity index (χ1) is 11.2. The van der Waals surface area contributed by atoms with Crippen molar-refractivity contribution >= 4 is 53.7 Å². The van der Waals surface area contributed by atoms with Crippen LogP contribution in [0.25, 0.3) is 33.2 Å². The summed E-state index contributed by atoms with van der Waals surface area (Å²) in [5.41, 5.74) is 4.48. The van der Waals surface area contributed by atoms with Gasteiger partial charge in [0.2, 0.25) is 0 Å². The average molecular weight is 434 g/mol. The Balaban J connectivity index is 1.96. The third-order valence-electron chi connectivity index (χ3n) is 3.98. The SMILES string of the molecule is COCn1c(-c2cc3ccc(Br)cc3[nH]2)cc2cc(Br)ccc21. The smallest absolute Gasteiger partial charge is 0.123 e. The number of halogens is 2. The molecule has 0 saturated carbocycles. The lowest BCUT2D eigenvalue weighted by molar-refractivity contribution is 0.136. The van der Waals surface area contributed by atoms with Crippen molar-refractivity contribution in [2.75, 3.05) is 7.11 Å². The molecule has 0 amide bonds. The van der Waals surface area contributed by atoms with Gasteiger partial charge < -0.3 is 14.3 Å². The number of rotatable bonds is 3. The topological polar surface area (TPSA) is 29.9 Å². The molecule has 0 radical (unpaired) electrons. The Hall–Kier alpha value is -1.56. The molecule has 0 saturated heterocycles. The van der Waals surface area contributed by atoms with Gasteiger partial charge in [-0.3, -0.25) is 0 Å². The van der Waals surface area contributed by atoms with Crippen molar-refractivity contribution < 1.29 is 4.74 Å². The van der Waals surface area contributed by atoms with Crippen LogP contribution < -0.4 is 0 Å². The molecule has 1 N–H and O–H groups in total. The van der Waals surface area contributed by atoms with Gasteiger partial charge in [-0.15, -0.1) is 0 Å². The number of hydrogen-bond donors (Lipinski definition) is 1. The number of methoxy groups -OCH3 is 1. The Bertz CT molecular complexity index is 1020. The standard InChI is InChI=1S/C18H14Br2N2O/c1-23-10-22-17-5-4-13(19)6-12(17)8-18(22)16-7-11-2-3-14(20)9-15(11)21-16/h2-9,21H,10H2,1H3. The van der Waals surface area contributed by atoms with Gasteiger partial charge in [-0.2, -0.15) is 0 Å². The zero-order chi connectivity index (χ0) is 16.0. The van der Waals surface area contributed by atoms with Gasteiger partial charge in [-0.05, 0) is 42.5 Å². The van der Waals surface area contributed by atoms with Crippen LogP contribution in [0, 0.1) is 0 Å². The maximum Gasteiger partial charge on any atom is 0.123 e. The molecule has 0 bridgehead atoms. The van der Waals surface area contributed by atoms with E-state index in [4.69, 9.17) is 4.74 Å². The van der Waals surface area contributed by atoms with Crippen molar-refractivity contribution in [3.05, 3.63) is 57.5 Å². The minimum Gasteiger partial charge on any atom is -0.364 e. The fourth-order valence-corrected chi connectivity index (χ4v) is 3.71. The summed E-state index contributed by atoms with van der Waals surface area (Å²) in [6.45, 7) is 0.513. The highest BCUT2D eigenvalue weighted by molar-refractivity contribution is 9.10. The monoisotopic (exact) mass is 432 g/mol. The number of aromatic amines is 1. The quantitative estimate of drug-likeness (QED) is 0.427. The van der Waals surface area contributed by atoms with Crippen LogP contribution in [0.3, 0.4) is 0 Å². The van der Waals surface area contributed by atoms with Gasteiger partial charge >= 0.3 is 0 Å². The molecule has 2 heterocycles. The Morgan fingerprint density at radius 2 is 1.74 bits per heavy atom. The Morgan fingerprint density at radius 1 is 0.957 bits per heavy atom. The highest BCUT2D eigenvalue weighted by Crippen LogP contribution is 2.32. The molecular weight excluding hydrogens is 420 g/mol. The third kappa shape index (κ3) is 2.63. The van der Waals surface area contributed by atoms with Crippen LogP contribution in [0.1, 0.15) is 0 Å². The predicted octanol–water partition coefficient (Wildman–Crippen LogP) is 5.92. The minimum atomic E-state index is 0.513. The zero-order valence-electron chi connectivity index (χ0n) is 12.4. The van der Waals surface area contributed by atoms with E-state index in [0.29, 0.717) is 6.73 Å². The molecule has 0 fully saturated rings. The van der Waals surface area contributed by atoms with Crippen molar-refractivity contribution in [2.45, 2.75) is 6.73 Å². The van der Waals surface area contributed by atoms with Crippen LogP contribution in [0.4, 0.5) is 0 Å². The van der Waals surface area contributed by atoms with Gasteiger partial charge in [0.15, 0.2) is 0 Å². The molecule has 5 heteroatoms. The highest BCUT2D eigenvalue weighted by atomic mass is 79.9. The van der Waals surface area contributed by atoms with Crippen LogP contribution in [0.15, 0.2) is 57.5 Å². The lowest BCUT2D eigenvalue weighted by Crippen LogP contribution is -2.01. The first kappa shape index (κ1) is 15.0. The van der Waals surface area contributed by atoms with E-state index in [1.54, 1.807) is 7.11 Å². The first-order valence-corrected chi connectivity index (χ1v) is 8.81. The van der Waals surface area contributed by atoms with E-state index in [0.717, 1.165) is 31.4 Å². The maximum absolute atomic E-state index is 5.41. The largest absolute Gasteiger partial charge is 0.364 e. The van der Waals surface area contributed by atoms with E-state index in [2.05, 4.69) is 89.9 Å². The third-order valence-corrected chi connectivity index (χ3v) is 4.97. The summed E-state index contributed by atoms with van der Waals surface area (Å²) >= 11 is 7.07. The van der Waals surface area contributed by atoms with Crippen LogP contribution >= 0.6 is 31.9 Å². The van der Waals surface area contributed by atoms with Gasteiger partial charge in [0, 0.05) is 32.3 Å². The summed E-state index contributed by atoms with van der Waals surface area (Å²) in [5.74, 6) is 0. The fraction of sp³-hybridized carbons (Fsp3) is 0.111. The van der Waals surface area contributed by atoms with Crippen molar-refractivity contribution in [2.24, 2.45) is 0 Å². The molecule has 0 aliphatic rings. The molecule has 0 unspecified atom stereocenters. The maximum atomic E-state index is 5.41. The van der Waals surface area contributed by atoms with Crippen molar-refractivity contribution in [3.8, 4) is 11.4 Å². The number of nitrogens with zero attached hydrogens (tertiary/aromatic N) is 1. The van der Waals surface area contributed by atoms with Crippen molar-refractivity contribution in [1.82, 2.24) is 9.55 Å². The van der Waals surface area contributed by atoms with E-state index >= 15 is 0 Å². The van der Waals surface area contributed by atoms with Crippen LogP contribution in [0.2, 0.25) is 0 Å². The van der Waals surface area contributed by atoms with Crippen LogP contribution in [-0.2, 0) is 11.5 Å². The van der Waals surface area contributed by atoms with Gasteiger partial charge in [0.05, 0.1) is 16.9 Å². The Morgan fingerprint density at radius 3 is 2.57 bits per heavy atom. The second-order valence-electron chi connectivity index (χ2n) is 5.49. The molecule has 0 aliphatic heterocycles. The van der Waals surface area contributed by atoms with Crippen LogP contribution in [-0.4, -0.2) is 16.7 Å². The molecule has 0 aliphatic carbocycles. The Kier molecular flexibility index (Phi) is 3.79. The molecule has 2 aromatic heterocycles. The number of aromatic nitrogens is 2. The first-order valence-electron chi connectivity index (χ1n) is 7.22. The van der Waals surface area contributed by atoms with E-state index in [1.165, 1.54) is 10.8 Å². The summed E-state index contributed by atoms with van der Waals surface area (Å²) in [4.78, 5) is 3.51. The number of nitrogens with one attached hydrogen (secondary N) is 1. The zero-order valence-corrected chi connectivity index (χ0v) is 15.6. The summed E-state index contributed by atoms with van der Waals surface area (Å²) in [6.07, 6.45) is 0. The molecule has 4 aromatic rings. The second kappa shape index (κ2) is 5.82. The number of H-pyrrole nitrogens is 1. The number of fused-ring (bicyclic) bond motifs is 2. The normalized spacial score (nSPS) is 11.6. The lowest BCUT2D eigenvalue weighted by atomic mass is 10.2. The van der Waals surface area contributed by atoms with Gasteiger partial charge in [-0.25, -0.2) is 0 Å². The molecule has 4 rings (SSSR count). The van der Waals surface area contributed by atoms with E-state index in [9.17, 15) is 0 Å². The molecule has 0 atom stereocenters. The number of hydrogen-bond acceptors (Lipinski definition) is 1. The summed E-state index contributed by atoms with van der Waals surface area (Å²) < 4.78 is 9.74. The minimum absolute atomic E-state index is 0.513. The van der Waals surface area contributed by atoms with Gasteiger partial charge in [0.25, 0.3) is 0 Å². The van der Waals surface area contributed by atoms with E-state index in [-0.39, 0.29) is 0 Å². The van der Waals surface area contributed by atoms with E-state index < -0.39 is 0 Å². The van der Waals surface area contributed by atoms with Crippen molar-refractivity contribution in [1.29, 1.82) is 0 Å². The van der Waals surface area contributed by atoms with Gasteiger partial charge in [0.1, 0.15) is 6.73 Å². The summed E-state index contributed by atoms with van der Waals surface area (Å²) in [6, 6.07) is 16.9. The second-order valence-corrected chi connectivity index (χ2v) is 7.32. The van der Waals surface area contributed by atoms with Crippen LogP contribution in [0.5, 0.6) is 0 Å². The molecular formula is C18H14Br2N2O. The van der Waals surface area contributed by atoms with E-state index in [1.807, 2.05) is 0 Å². The molecule has 0 spiro atoms. The number of ether oxygens (including phenoxy) is 1. The van der Waals surface area contributed by atoms with Gasteiger partial charge in [-0.1, -0.05) is 37.9 Å². The predicted molar refractivity (Wildman–Crippen MR) is 102 cm³/mol. The molecule has 2 aromatic carbocycles. The fourth-order valence-electron chi connectivity index (χ4n) is 2.97. The Labute approximate surface area is 150 Å². The summed E-state index contributed by atoms with van der Waals surface area (Å²) in [7, 11) is 1.72. The lowest BCUT2D eigenvalue weighted by Gasteiger charge is -2.08. The number of benzene rings is 2. The highest BCUT2D eigenvalue weighted by Gasteiger charge is 2.13. The summed E-state index contributed by atoms with van der Waals surface area (Å²) in [5, 5.41) is 2.38. The van der Waals surface area contributed by atoms with Crippen molar-refractivity contribution in [3.63, 3.8) is 0 Å². The average Bonchev–Trinajstić information content (AvgIpc) is 3.08. The molecule has 23 heavy (non-hydrogen) atoms. The molecule has 116 valence electrons. The molecule has 3 nitrogen and oxygen atoms in total.